The van der Waals surface area contributed by atoms with Crippen LogP contribution < -0.4 is 5.32 Å². The maximum Gasteiger partial charge on any atom is 0.230 e. The van der Waals surface area contributed by atoms with Crippen LogP contribution in [0.5, 0.6) is 0 Å². The number of amides is 1. The number of rotatable bonds is 6. The maximum absolute atomic E-state index is 13.0. The molecule has 0 radical (unpaired) electrons. The Balaban J connectivity index is 1.56. The summed E-state index contributed by atoms with van der Waals surface area (Å²) >= 11 is 2.95. The van der Waals surface area contributed by atoms with Crippen LogP contribution in [0.4, 0.5) is 4.39 Å². The molecule has 1 aromatic carbocycles. The van der Waals surface area contributed by atoms with Crippen LogP contribution in [0, 0.1) is 12.7 Å². The molecule has 0 fully saturated rings. The molecule has 0 aliphatic rings. The highest BCUT2D eigenvalue weighted by Crippen LogP contribution is 2.23. The molecule has 124 valence electrons. The maximum atomic E-state index is 13.0. The van der Waals surface area contributed by atoms with Crippen molar-refractivity contribution < 1.29 is 9.18 Å². The number of benzene rings is 1. The second-order valence-corrected chi connectivity index (χ2v) is 7.18. The van der Waals surface area contributed by atoms with Crippen LogP contribution in [0.25, 0.3) is 11.3 Å². The van der Waals surface area contributed by atoms with Crippen molar-refractivity contribution in [3.05, 3.63) is 52.9 Å². The fraction of sp³-hybridized carbons (Fsp3) is 0.188. The van der Waals surface area contributed by atoms with Crippen molar-refractivity contribution >= 4 is 29.0 Å². The lowest BCUT2D eigenvalue weighted by Gasteiger charge is -2.06. The van der Waals surface area contributed by atoms with Crippen molar-refractivity contribution in [3.8, 4) is 11.3 Å². The minimum Gasteiger partial charge on any atom is -0.351 e. The number of aromatic nitrogens is 3. The van der Waals surface area contributed by atoms with E-state index in [0.29, 0.717) is 12.3 Å². The molecule has 0 spiro atoms. The van der Waals surface area contributed by atoms with Crippen LogP contribution in [0.15, 0.2) is 40.2 Å². The number of nitrogens with one attached hydrogen (secondary N) is 2. The van der Waals surface area contributed by atoms with Crippen LogP contribution in [0.2, 0.25) is 0 Å². The molecule has 0 aliphatic heterocycles. The van der Waals surface area contributed by atoms with E-state index in [2.05, 4.69) is 20.5 Å². The van der Waals surface area contributed by atoms with E-state index in [-0.39, 0.29) is 11.7 Å². The third kappa shape index (κ3) is 4.21. The van der Waals surface area contributed by atoms with E-state index < -0.39 is 0 Å². The molecule has 2 aromatic heterocycles. The Hall–Kier alpha value is -2.19. The number of H-pyrrole nitrogens is 1. The summed E-state index contributed by atoms with van der Waals surface area (Å²) in [6.07, 6.45) is 1.66. The van der Waals surface area contributed by atoms with Crippen molar-refractivity contribution in [2.45, 2.75) is 17.8 Å². The Morgan fingerprint density at radius 2 is 2.17 bits per heavy atom. The van der Waals surface area contributed by atoms with Gasteiger partial charge in [-0.1, -0.05) is 11.8 Å². The third-order valence-corrected chi connectivity index (χ3v) is 5.39. The van der Waals surface area contributed by atoms with E-state index in [1.807, 2.05) is 12.3 Å². The summed E-state index contributed by atoms with van der Waals surface area (Å²) in [4.78, 5) is 16.3. The molecule has 0 bridgehead atoms. The topological polar surface area (TPSA) is 70.7 Å². The van der Waals surface area contributed by atoms with Crippen molar-refractivity contribution in [3.63, 3.8) is 0 Å². The number of halogens is 1. The highest BCUT2D eigenvalue weighted by Gasteiger charge is 2.10. The Labute approximate surface area is 146 Å². The van der Waals surface area contributed by atoms with Gasteiger partial charge in [-0.25, -0.2) is 9.37 Å². The summed E-state index contributed by atoms with van der Waals surface area (Å²) in [5, 5.41) is 11.7. The largest absolute Gasteiger partial charge is 0.351 e. The number of hydrogen-bond donors (Lipinski definition) is 2. The minimum absolute atomic E-state index is 0.0703. The summed E-state index contributed by atoms with van der Waals surface area (Å²) in [5.41, 5.74) is 3.42. The first kappa shape index (κ1) is 16.7. The van der Waals surface area contributed by atoms with E-state index in [1.54, 1.807) is 18.3 Å². The second-order valence-electron chi connectivity index (χ2n) is 5.10. The molecule has 1 amide bonds. The lowest BCUT2D eigenvalue weighted by atomic mass is 10.1. The number of carbonyl (C=O) groups excluding carboxylic acids is 1. The van der Waals surface area contributed by atoms with Gasteiger partial charge in [0.1, 0.15) is 5.82 Å². The smallest absolute Gasteiger partial charge is 0.230 e. The van der Waals surface area contributed by atoms with Gasteiger partial charge < -0.3 is 5.32 Å². The zero-order valence-electron chi connectivity index (χ0n) is 12.9. The van der Waals surface area contributed by atoms with E-state index in [0.717, 1.165) is 26.9 Å². The van der Waals surface area contributed by atoms with E-state index in [9.17, 15) is 9.18 Å². The molecule has 0 saturated carbocycles. The summed E-state index contributed by atoms with van der Waals surface area (Å²) in [6.45, 7) is 2.29. The van der Waals surface area contributed by atoms with Gasteiger partial charge in [-0.3, -0.25) is 9.89 Å². The Morgan fingerprint density at radius 3 is 2.88 bits per heavy atom. The van der Waals surface area contributed by atoms with Gasteiger partial charge >= 0.3 is 0 Å². The predicted octanol–water partition coefficient (Wildman–Crippen LogP) is 3.39. The Morgan fingerprint density at radius 1 is 1.38 bits per heavy atom. The highest BCUT2D eigenvalue weighted by atomic mass is 32.2. The minimum atomic E-state index is -0.289. The van der Waals surface area contributed by atoms with E-state index >= 15 is 0 Å². The fourth-order valence-corrected chi connectivity index (χ4v) is 3.76. The molecule has 2 N–H and O–H groups in total. The van der Waals surface area contributed by atoms with Crippen LogP contribution in [0.1, 0.15) is 11.3 Å². The third-order valence-electron chi connectivity index (χ3n) is 3.25. The van der Waals surface area contributed by atoms with Crippen molar-refractivity contribution in [1.82, 2.24) is 20.5 Å². The summed E-state index contributed by atoms with van der Waals surface area (Å²) in [6, 6.07) is 6.14. The van der Waals surface area contributed by atoms with Gasteiger partial charge in [0.2, 0.25) is 5.91 Å². The van der Waals surface area contributed by atoms with Crippen molar-refractivity contribution in [2.75, 3.05) is 5.75 Å². The van der Waals surface area contributed by atoms with E-state index in [1.165, 1.54) is 35.2 Å². The number of hydrogen-bond acceptors (Lipinski definition) is 5. The number of thioether (sulfide) groups is 1. The van der Waals surface area contributed by atoms with Crippen LogP contribution >= 0.6 is 23.1 Å². The molecule has 0 atom stereocenters. The predicted molar refractivity (Wildman–Crippen MR) is 93.4 cm³/mol. The Bertz CT molecular complexity index is 829. The van der Waals surface area contributed by atoms with Gasteiger partial charge in [0, 0.05) is 28.7 Å². The lowest BCUT2D eigenvalue weighted by Crippen LogP contribution is -2.24. The molecule has 24 heavy (non-hydrogen) atoms. The quantitative estimate of drug-likeness (QED) is 0.660. The molecule has 2 heterocycles. The van der Waals surface area contributed by atoms with Crippen LogP contribution in [0.3, 0.4) is 0 Å². The van der Waals surface area contributed by atoms with E-state index in [4.69, 9.17) is 0 Å². The standard InChI is InChI=1S/C16H15FN4OS2/c1-10-8-23-16(20-10)24-9-14(22)18-6-12-7-19-21-15(12)11-2-4-13(17)5-3-11/h2-5,7-8H,6,9H2,1H3,(H,18,22)(H,19,21). The number of aromatic amines is 1. The molecule has 8 heteroatoms. The van der Waals surface area contributed by atoms with Gasteiger partial charge in [-0.05, 0) is 31.2 Å². The number of aryl methyl sites for hydroxylation is 1. The first-order valence-electron chi connectivity index (χ1n) is 7.21. The normalized spacial score (nSPS) is 10.8. The lowest BCUT2D eigenvalue weighted by molar-refractivity contribution is -0.118. The molecule has 0 unspecified atom stereocenters. The average Bonchev–Trinajstić information content (AvgIpc) is 3.20. The molecule has 0 saturated heterocycles. The Kier molecular flexibility index (Phi) is 5.27. The van der Waals surface area contributed by atoms with Crippen molar-refractivity contribution in [2.24, 2.45) is 0 Å². The first-order valence-corrected chi connectivity index (χ1v) is 9.08. The number of nitrogens with zero attached hydrogens (tertiary/aromatic N) is 2. The summed E-state index contributed by atoms with van der Waals surface area (Å²) in [5.74, 6) is -0.0434. The number of carbonyl (C=O) groups is 1. The van der Waals surface area contributed by atoms with Crippen molar-refractivity contribution in [1.29, 1.82) is 0 Å². The average molecular weight is 362 g/mol. The monoisotopic (exact) mass is 362 g/mol. The number of thiazole rings is 1. The molecule has 5 nitrogen and oxygen atoms in total. The second kappa shape index (κ2) is 7.59. The van der Waals surface area contributed by atoms with Gasteiger partial charge in [0.15, 0.2) is 4.34 Å². The molecule has 3 rings (SSSR count). The molecule has 3 aromatic rings. The SMILES string of the molecule is Cc1csc(SCC(=O)NCc2cn[nH]c2-c2ccc(F)cc2)n1. The van der Waals surface area contributed by atoms with Crippen LogP contribution in [-0.4, -0.2) is 26.8 Å². The summed E-state index contributed by atoms with van der Waals surface area (Å²) < 4.78 is 13.9. The van der Waals surface area contributed by atoms with Gasteiger partial charge in [0.05, 0.1) is 17.6 Å². The van der Waals surface area contributed by atoms with Gasteiger partial charge in [0.25, 0.3) is 0 Å². The molecular weight excluding hydrogens is 347 g/mol. The molecule has 0 aliphatic carbocycles. The molecular formula is C16H15FN4OS2. The van der Waals surface area contributed by atoms with Gasteiger partial charge in [-0.2, -0.15) is 5.10 Å². The van der Waals surface area contributed by atoms with Crippen LogP contribution in [-0.2, 0) is 11.3 Å². The zero-order valence-corrected chi connectivity index (χ0v) is 14.5. The fourth-order valence-electron chi connectivity index (χ4n) is 2.08. The highest BCUT2D eigenvalue weighted by molar-refractivity contribution is 8.01. The zero-order chi connectivity index (χ0) is 16.9. The summed E-state index contributed by atoms with van der Waals surface area (Å²) in [7, 11) is 0. The first-order chi connectivity index (χ1) is 11.6. The van der Waals surface area contributed by atoms with Gasteiger partial charge in [-0.15, -0.1) is 11.3 Å².